The molecule has 0 bridgehead atoms. The van der Waals surface area contributed by atoms with E-state index in [1.54, 1.807) is 0 Å². The Balaban J connectivity index is 2.04. The molecule has 0 heterocycles. The normalized spacial score (nSPS) is 12.3. The maximum Gasteiger partial charge on any atom is 0.123 e. The van der Waals surface area contributed by atoms with Crippen LogP contribution < -0.4 is 5.32 Å². The van der Waals surface area contributed by atoms with Gasteiger partial charge in [0.15, 0.2) is 0 Å². The highest BCUT2D eigenvalue weighted by molar-refractivity contribution is 9.10. The average molecular weight is 350 g/mol. The predicted octanol–water partition coefficient (Wildman–Crippen LogP) is 4.74. The van der Waals surface area contributed by atoms with E-state index in [4.69, 9.17) is 0 Å². The Labute approximate surface area is 134 Å². The second-order valence-electron chi connectivity index (χ2n) is 5.32. The average Bonchev–Trinajstić information content (AvgIpc) is 2.47. The lowest BCUT2D eigenvalue weighted by molar-refractivity contribution is 0.504. The van der Waals surface area contributed by atoms with Crippen molar-refractivity contribution in [2.45, 2.75) is 32.2 Å². The van der Waals surface area contributed by atoms with Crippen LogP contribution in [0.15, 0.2) is 53.0 Å². The minimum atomic E-state index is -0.177. The van der Waals surface area contributed by atoms with E-state index in [-0.39, 0.29) is 5.82 Å². The summed E-state index contributed by atoms with van der Waals surface area (Å²) < 4.78 is 14.1. The fraction of sp³-hybridized carbons (Fsp3) is 0.333. The van der Waals surface area contributed by atoms with Crippen LogP contribution >= 0.6 is 15.9 Å². The fourth-order valence-electron chi connectivity index (χ4n) is 2.42. The highest BCUT2D eigenvalue weighted by Gasteiger charge is 2.10. The molecule has 3 heteroatoms. The third-order valence-electron chi connectivity index (χ3n) is 3.45. The van der Waals surface area contributed by atoms with Gasteiger partial charge in [0.05, 0.1) is 0 Å². The molecule has 1 unspecified atom stereocenters. The summed E-state index contributed by atoms with van der Waals surface area (Å²) in [5, 5.41) is 3.59. The number of rotatable bonds is 7. The van der Waals surface area contributed by atoms with Gasteiger partial charge in [-0.25, -0.2) is 4.39 Å². The van der Waals surface area contributed by atoms with Crippen LogP contribution in [0.4, 0.5) is 4.39 Å². The Hall–Kier alpha value is -1.19. The molecule has 21 heavy (non-hydrogen) atoms. The van der Waals surface area contributed by atoms with Crippen LogP contribution in [0.2, 0.25) is 0 Å². The summed E-state index contributed by atoms with van der Waals surface area (Å²) in [5.74, 6) is -0.177. The third kappa shape index (κ3) is 5.60. The zero-order valence-electron chi connectivity index (χ0n) is 12.3. The standard InChI is InChI=1S/C18H21BrFN/c1-2-10-21-18(12-14-6-8-17(20)9-7-14)13-15-4-3-5-16(19)11-15/h3-9,11,18,21H,2,10,12-13H2,1H3. The quantitative estimate of drug-likeness (QED) is 0.760. The van der Waals surface area contributed by atoms with Gasteiger partial charge in [-0.2, -0.15) is 0 Å². The van der Waals surface area contributed by atoms with Crippen molar-refractivity contribution in [1.82, 2.24) is 5.32 Å². The maximum absolute atomic E-state index is 13.0. The van der Waals surface area contributed by atoms with Crippen LogP contribution in [0.25, 0.3) is 0 Å². The molecule has 0 aliphatic carbocycles. The SMILES string of the molecule is CCCNC(Cc1ccc(F)cc1)Cc1cccc(Br)c1. The topological polar surface area (TPSA) is 12.0 Å². The molecule has 0 radical (unpaired) electrons. The zero-order valence-corrected chi connectivity index (χ0v) is 13.9. The van der Waals surface area contributed by atoms with Crippen molar-refractivity contribution in [3.05, 3.63) is 69.9 Å². The number of benzene rings is 2. The molecular formula is C18H21BrFN. The van der Waals surface area contributed by atoms with E-state index < -0.39 is 0 Å². The Morgan fingerprint density at radius 1 is 1.05 bits per heavy atom. The van der Waals surface area contributed by atoms with Crippen LogP contribution in [0, 0.1) is 5.82 Å². The predicted molar refractivity (Wildman–Crippen MR) is 90.0 cm³/mol. The summed E-state index contributed by atoms with van der Waals surface area (Å²) in [5.41, 5.74) is 2.47. The molecule has 0 saturated carbocycles. The van der Waals surface area contributed by atoms with E-state index in [1.165, 1.54) is 23.3 Å². The zero-order chi connectivity index (χ0) is 15.1. The van der Waals surface area contributed by atoms with Crippen molar-refractivity contribution in [2.24, 2.45) is 0 Å². The molecule has 2 aromatic rings. The lowest BCUT2D eigenvalue weighted by Gasteiger charge is -2.19. The lowest BCUT2D eigenvalue weighted by Crippen LogP contribution is -2.33. The summed E-state index contributed by atoms with van der Waals surface area (Å²) in [6.07, 6.45) is 2.99. The van der Waals surface area contributed by atoms with E-state index in [0.717, 1.165) is 30.3 Å². The van der Waals surface area contributed by atoms with Gasteiger partial charge in [0.2, 0.25) is 0 Å². The number of halogens is 2. The minimum absolute atomic E-state index is 0.177. The van der Waals surface area contributed by atoms with Crippen molar-refractivity contribution in [2.75, 3.05) is 6.54 Å². The molecule has 0 spiro atoms. The van der Waals surface area contributed by atoms with Gasteiger partial charge < -0.3 is 5.32 Å². The molecule has 2 aromatic carbocycles. The largest absolute Gasteiger partial charge is 0.313 e. The molecule has 0 aromatic heterocycles. The van der Waals surface area contributed by atoms with E-state index in [1.807, 2.05) is 18.2 Å². The summed E-state index contributed by atoms with van der Waals surface area (Å²) in [6.45, 7) is 3.17. The summed E-state index contributed by atoms with van der Waals surface area (Å²) in [7, 11) is 0. The van der Waals surface area contributed by atoms with Crippen LogP contribution in [-0.4, -0.2) is 12.6 Å². The number of hydrogen-bond donors (Lipinski definition) is 1. The molecule has 0 saturated heterocycles. The molecule has 112 valence electrons. The van der Waals surface area contributed by atoms with Gasteiger partial charge in [-0.1, -0.05) is 47.1 Å². The monoisotopic (exact) mass is 349 g/mol. The van der Waals surface area contributed by atoms with Crippen molar-refractivity contribution < 1.29 is 4.39 Å². The van der Waals surface area contributed by atoms with Gasteiger partial charge in [-0.15, -0.1) is 0 Å². The third-order valence-corrected chi connectivity index (χ3v) is 3.94. The van der Waals surface area contributed by atoms with E-state index >= 15 is 0 Å². The van der Waals surface area contributed by atoms with Gasteiger partial charge in [0.1, 0.15) is 5.82 Å². The molecule has 0 aliphatic rings. The molecule has 0 fully saturated rings. The summed E-state index contributed by atoms with van der Waals surface area (Å²) in [4.78, 5) is 0. The van der Waals surface area contributed by atoms with Crippen LogP contribution in [0.3, 0.4) is 0 Å². The van der Waals surface area contributed by atoms with Gasteiger partial charge in [-0.3, -0.25) is 0 Å². The smallest absolute Gasteiger partial charge is 0.123 e. The molecule has 0 amide bonds. The van der Waals surface area contributed by atoms with E-state index in [9.17, 15) is 4.39 Å². The van der Waals surface area contributed by atoms with E-state index in [2.05, 4.69) is 46.4 Å². The Bertz CT molecular complexity index is 553. The highest BCUT2D eigenvalue weighted by atomic mass is 79.9. The molecule has 1 N–H and O–H groups in total. The second kappa shape index (κ2) is 8.30. The Morgan fingerprint density at radius 3 is 2.43 bits per heavy atom. The van der Waals surface area contributed by atoms with Crippen molar-refractivity contribution in [1.29, 1.82) is 0 Å². The number of hydrogen-bond acceptors (Lipinski definition) is 1. The fourth-order valence-corrected chi connectivity index (χ4v) is 2.87. The van der Waals surface area contributed by atoms with Crippen LogP contribution in [0.1, 0.15) is 24.5 Å². The van der Waals surface area contributed by atoms with Crippen molar-refractivity contribution >= 4 is 15.9 Å². The van der Waals surface area contributed by atoms with Gasteiger partial charge in [0.25, 0.3) is 0 Å². The van der Waals surface area contributed by atoms with Crippen molar-refractivity contribution in [3.8, 4) is 0 Å². The highest BCUT2D eigenvalue weighted by Crippen LogP contribution is 2.15. The minimum Gasteiger partial charge on any atom is -0.313 e. The second-order valence-corrected chi connectivity index (χ2v) is 6.23. The maximum atomic E-state index is 13.0. The summed E-state index contributed by atoms with van der Waals surface area (Å²) >= 11 is 3.52. The molecule has 1 nitrogen and oxygen atoms in total. The van der Waals surface area contributed by atoms with E-state index in [0.29, 0.717) is 6.04 Å². The van der Waals surface area contributed by atoms with Gasteiger partial charge in [-0.05, 0) is 61.2 Å². The van der Waals surface area contributed by atoms with Gasteiger partial charge >= 0.3 is 0 Å². The lowest BCUT2D eigenvalue weighted by atomic mass is 9.99. The summed E-state index contributed by atoms with van der Waals surface area (Å²) in [6, 6.07) is 15.6. The number of nitrogens with one attached hydrogen (secondary N) is 1. The first-order valence-corrected chi connectivity index (χ1v) is 8.19. The van der Waals surface area contributed by atoms with Crippen molar-refractivity contribution in [3.63, 3.8) is 0 Å². The molecule has 0 aliphatic heterocycles. The molecule has 1 atom stereocenters. The first kappa shape index (κ1) is 16.2. The van der Waals surface area contributed by atoms with Crippen LogP contribution in [0.5, 0.6) is 0 Å². The molecule has 2 rings (SSSR count). The van der Waals surface area contributed by atoms with Gasteiger partial charge in [0, 0.05) is 10.5 Å². The van der Waals surface area contributed by atoms with Crippen LogP contribution in [-0.2, 0) is 12.8 Å². The molecular weight excluding hydrogens is 329 g/mol. The Morgan fingerprint density at radius 2 is 1.76 bits per heavy atom. The Kier molecular flexibility index (Phi) is 6.40. The first-order valence-electron chi connectivity index (χ1n) is 7.39. The first-order chi connectivity index (χ1) is 10.2.